The molecule has 1 heterocycles. The van der Waals surface area contributed by atoms with E-state index >= 15 is 0 Å². The van der Waals surface area contributed by atoms with Gasteiger partial charge in [0.15, 0.2) is 5.11 Å². The van der Waals surface area contributed by atoms with E-state index in [2.05, 4.69) is 10.6 Å². The number of esters is 1. The SMILES string of the molecule is COC(=O)[C@H](C(C)C)N1Cc2ccc(-c3ccc(NC(=S)Nc4ccccc4F)cc3)cc2C1=O. The van der Waals surface area contributed by atoms with Crippen LogP contribution >= 0.6 is 12.2 Å². The van der Waals surface area contributed by atoms with Crippen LogP contribution in [0.25, 0.3) is 11.1 Å². The van der Waals surface area contributed by atoms with Crippen molar-refractivity contribution in [2.75, 3.05) is 17.7 Å². The molecule has 0 saturated heterocycles. The van der Waals surface area contributed by atoms with Gasteiger partial charge in [-0.25, -0.2) is 9.18 Å². The van der Waals surface area contributed by atoms with Crippen LogP contribution in [-0.2, 0) is 16.1 Å². The van der Waals surface area contributed by atoms with E-state index in [9.17, 15) is 14.0 Å². The Bertz CT molecular complexity index is 1280. The third-order valence-electron chi connectivity index (χ3n) is 5.95. The molecule has 0 aromatic heterocycles. The molecule has 1 amide bonds. The highest BCUT2D eigenvalue weighted by Crippen LogP contribution is 2.32. The molecular weight excluding hydrogens is 465 g/mol. The Balaban J connectivity index is 1.48. The lowest BCUT2D eigenvalue weighted by Gasteiger charge is -2.28. The first-order valence-corrected chi connectivity index (χ1v) is 11.6. The summed E-state index contributed by atoms with van der Waals surface area (Å²) in [5.41, 5.74) is 4.32. The van der Waals surface area contributed by atoms with Gasteiger partial charge in [-0.1, -0.05) is 50.2 Å². The van der Waals surface area contributed by atoms with Gasteiger partial charge in [-0.3, -0.25) is 4.79 Å². The number of benzene rings is 3. The number of anilines is 2. The van der Waals surface area contributed by atoms with Crippen molar-refractivity contribution in [3.63, 3.8) is 0 Å². The van der Waals surface area contributed by atoms with Crippen LogP contribution in [0.1, 0.15) is 29.8 Å². The van der Waals surface area contributed by atoms with Crippen molar-refractivity contribution in [2.24, 2.45) is 5.92 Å². The van der Waals surface area contributed by atoms with Crippen LogP contribution in [0.5, 0.6) is 0 Å². The van der Waals surface area contributed by atoms with Crippen LogP contribution in [0.15, 0.2) is 66.7 Å². The van der Waals surface area contributed by atoms with Crippen molar-refractivity contribution < 1.29 is 18.7 Å². The van der Waals surface area contributed by atoms with E-state index in [-0.39, 0.29) is 22.8 Å². The smallest absolute Gasteiger partial charge is 0.328 e. The maximum absolute atomic E-state index is 13.8. The Morgan fingerprint density at radius 2 is 1.71 bits per heavy atom. The molecule has 35 heavy (non-hydrogen) atoms. The minimum atomic E-state index is -0.629. The zero-order valence-corrected chi connectivity index (χ0v) is 20.5. The molecule has 0 aliphatic carbocycles. The van der Waals surface area contributed by atoms with Gasteiger partial charge in [-0.2, -0.15) is 0 Å². The molecule has 180 valence electrons. The Morgan fingerprint density at radius 3 is 2.37 bits per heavy atom. The molecule has 3 aromatic rings. The molecule has 2 N–H and O–H groups in total. The minimum Gasteiger partial charge on any atom is -0.467 e. The second-order valence-corrected chi connectivity index (χ2v) is 9.06. The molecule has 3 aromatic carbocycles. The number of methoxy groups -OCH3 is 1. The first-order chi connectivity index (χ1) is 16.8. The van der Waals surface area contributed by atoms with Crippen molar-refractivity contribution in [1.29, 1.82) is 0 Å². The highest BCUT2D eigenvalue weighted by molar-refractivity contribution is 7.80. The predicted octanol–water partition coefficient (Wildman–Crippen LogP) is 5.46. The van der Waals surface area contributed by atoms with Gasteiger partial charge in [0.05, 0.1) is 12.8 Å². The van der Waals surface area contributed by atoms with E-state index in [0.717, 1.165) is 22.4 Å². The molecular formula is C27H26FN3O3S. The maximum Gasteiger partial charge on any atom is 0.328 e. The quantitative estimate of drug-likeness (QED) is 0.353. The molecule has 1 atom stereocenters. The lowest BCUT2D eigenvalue weighted by Crippen LogP contribution is -2.45. The number of hydrogen-bond acceptors (Lipinski definition) is 4. The Labute approximate surface area is 209 Å². The number of hydrogen-bond donors (Lipinski definition) is 2. The maximum atomic E-state index is 13.8. The molecule has 0 unspecified atom stereocenters. The number of para-hydroxylation sites is 1. The lowest BCUT2D eigenvalue weighted by atomic mass is 10.00. The van der Waals surface area contributed by atoms with Gasteiger partial charge in [0.1, 0.15) is 11.9 Å². The number of rotatable bonds is 6. The summed E-state index contributed by atoms with van der Waals surface area (Å²) in [5, 5.41) is 6.15. The number of nitrogens with zero attached hydrogens (tertiary/aromatic N) is 1. The fourth-order valence-corrected chi connectivity index (χ4v) is 4.43. The third kappa shape index (κ3) is 5.17. The molecule has 4 rings (SSSR count). The van der Waals surface area contributed by atoms with Gasteiger partial charge in [-0.05, 0) is 65.2 Å². The second-order valence-electron chi connectivity index (χ2n) is 8.65. The fourth-order valence-electron chi connectivity index (χ4n) is 4.20. The minimum absolute atomic E-state index is 0.0702. The molecule has 1 aliphatic heterocycles. The van der Waals surface area contributed by atoms with Gasteiger partial charge in [-0.15, -0.1) is 0 Å². The van der Waals surface area contributed by atoms with E-state index in [1.807, 2.05) is 56.3 Å². The Hall–Kier alpha value is -3.78. The van der Waals surface area contributed by atoms with Crippen LogP contribution in [-0.4, -0.2) is 35.0 Å². The number of carbonyl (C=O) groups excluding carboxylic acids is 2. The zero-order valence-electron chi connectivity index (χ0n) is 19.7. The number of amides is 1. The summed E-state index contributed by atoms with van der Waals surface area (Å²) in [4.78, 5) is 27.0. The standard InChI is InChI=1S/C27H26FN3O3S/c1-16(2)24(26(33)34-3)31-15-19-9-8-18(14-21(19)25(31)32)17-10-12-20(13-11-17)29-27(35)30-23-7-5-4-6-22(23)28/h4-14,16,24H,15H2,1-3H3,(H2,29,30,35)/t24-/m0/s1. The van der Waals surface area contributed by atoms with Crippen molar-refractivity contribution in [3.8, 4) is 11.1 Å². The summed E-state index contributed by atoms with van der Waals surface area (Å²) in [6.45, 7) is 4.18. The average Bonchev–Trinajstić information content (AvgIpc) is 3.16. The fraction of sp³-hybridized carbons (Fsp3) is 0.222. The largest absolute Gasteiger partial charge is 0.467 e. The first kappa shape index (κ1) is 24.3. The highest BCUT2D eigenvalue weighted by Gasteiger charge is 2.38. The third-order valence-corrected chi connectivity index (χ3v) is 6.15. The Kier molecular flexibility index (Phi) is 7.12. The number of nitrogens with one attached hydrogen (secondary N) is 2. The highest BCUT2D eigenvalue weighted by atomic mass is 32.1. The van der Waals surface area contributed by atoms with Crippen LogP contribution in [0.4, 0.5) is 15.8 Å². The van der Waals surface area contributed by atoms with E-state index < -0.39 is 12.0 Å². The Morgan fingerprint density at radius 1 is 1.03 bits per heavy atom. The number of halogens is 1. The second kappa shape index (κ2) is 10.2. The van der Waals surface area contributed by atoms with Crippen molar-refractivity contribution in [2.45, 2.75) is 26.4 Å². The van der Waals surface area contributed by atoms with Crippen molar-refractivity contribution >= 4 is 40.6 Å². The molecule has 0 saturated carbocycles. The lowest BCUT2D eigenvalue weighted by molar-refractivity contribution is -0.147. The van der Waals surface area contributed by atoms with Crippen molar-refractivity contribution in [1.82, 2.24) is 4.90 Å². The van der Waals surface area contributed by atoms with E-state index in [1.165, 1.54) is 13.2 Å². The number of ether oxygens (including phenoxy) is 1. The molecule has 6 nitrogen and oxygen atoms in total. The van der Waals surface area contributed by atoms with Gasteiger partial charge in [0.2, 0.25) is 0 Å². The van der Waals surface area contributed by atoms with Gasteiger partial charge >= 0.3 is 5.97 Å². The monoisotopic (exact) mass is 491 g/mol. The molecule has 8 heteroatoms. The van der Waals surface area contributed by atoms with Crippen LogP contribution in [0.3, 0.4) is 0 Å². The summed E-state index contributed by atoms with van der Waals surface area (Å²) in [6, 6.07) is 19.0. The van der Waals surface area contributed by atoms with Crippen molar-refractivity contribution in [3.05, 3.63) is 83.7 Å². The van der Waals surface area contributed by atoms with Crippen LogP contribution in [0.2, 0.25) is 0 Å². The average molecular weight is 492 g/mol. The number of thiocarbonyl (C=S) groups is 1. The number of carbonyl (C=O) groups is 2. The van der Waals surface area contributed by atoms with E-state index in [0.29, 0.717) is 17.8 Å². The zero-order chi connectivity index (χ0) is 25.1. The van der Waals surface area contributed by atoms with E-state index in [1.54, 1.807) is 23.1 Å². The van der Waals surface area contributed by atoms with Gasteiger partial charge in [0, 0.05) is 17.8 Å². The van der Waals surface area contributed by atoms with Gasteiger partial charge < -0.3 is 20.3 Å². The summed E-state index contributed by atoms with van der Waals surface area (Å²) in [6.07, 6.45) is 0. The van der Waals surface area contributed by atoms with Crippen LogP contribution in [0, 0.1) is 11.7 Å². The predicted molar refractivity (Wildman–Crippen MR) is 139 cm³/mol. The molecule has 1 aliphatic rings. The first-order valence-electron chi connectivity index (χ1n) is 11.2. The summed E-state index contributed by atoms with van der Waals surface area (Å²) < 4.78 is 18.8. The molecule has 0 spiro atoms. The van der Waals surface area contributed by atoms with Crippen LogP contribution < -0.4 is 10.6 Å². The summed E-state index contributed by atoms with van der Waals surface area (Å²) in [7, 11) is 1.34. The summed E-state index contributed by atoms with van der Waals surface area (Å²) in [5.74, 6) is -1.04. The summed E-state index contributed by atoms with van der Waals surface area (Å²) >= 11 is 5.28. The normalized spacial score (nSPS) is 13.4. The van der Waals surface area contributed by atoms with E-state index in [4.69, 9.17) is 17.0 Å². The topological polar surface area (TPSA) is 70.7 Å². The molecule has 0 radical (unpaired) electrons. The molecule has 0 bridgehead atoms. The number of fused-ring (bicyclic) bond motifs is 1. The molecule has 0 fully saturated rings. The van der Waals surface area contributed by atoms with Gasteiger partial charge in [0.25, 0.3) is 5.91 Å².